The maximum atomic E-state index is 16.7. The van der Waals surface area contributed by atoms with Gasteiger partial charge in [0.1, 0.15) is 0 Å². The van der Waals surface area contributed by atoms with E-state index >= 15 is 8.63 Å². The topological polar surface area (TPSA) is 7.94 Å². The van der Waals surface area contributed by atoms with E-state index in [1.54, 1.807) is 0 Å². The van der Waals surface area contributed by atoms with Crippen LogP contribution in [0.25, 0.3) is 5.57 Å². The van der Waals surface area contributed by atoms with Crippen LogP contribution in [-0.2, 0) is 0 Å². The van der Waals surface area contributed by atoms with Gasteiger partial charge in [-0.15, -0.1) is 0 Å². The van der Waals surface area contributed by atoms with Gasteiger partial charge in [-0.05, 0) is 0 Å². The molecule has 0 bridgehead atoms. The van der Waals surface area contributed by atoms with E-state index in [-0.39, 0.29) is 29.9 Å². The molecule has 2 aliphatic rings. The van der Waals surface area contributed by atoms with Gasteiger partial charge in [0.15, 0.2) is 0 Å². The number of hydrogen-bond donors (Lipinski definition) is 0. The fraction of sp³-hybridized carbons (Fsp3) is 0.100. The Morgan fingerprint density at radius 3 is 1.95 bits per heavy atom. The zero-order chi connectivity index (χ0) is 25.7. The quantitative estimate of drug-likeness (QED) is 0.298. The molecule has 4 aromatic rings. The Hall–Kier alpha value is -2.95. The number of hydrogen-bond acceptors (Lipinski definition) is 0. The van der Waals surface area contributed by atoms with Gasteiger partial charge >= 0.3 is 230 Å². The Morgan fingerprint density at radius 1 is 0.730 bits per heavy atom. The number of aromatic nitrogens is 1. The predicted octanol–water partition coefficient (Wildman–Crippen LogP) is 4.07. The minimum atomic E-state index is -4.06. The van der Waals surface area contributed by atoms with Gasteiger partial charge in [-0.25, -0.2) is 0 Å². The molecule has 0 amide bonds. The molecule has 0 spiro atoms. The van der Waals surface area contributed by atoms with Crippen LogP contribution in [0.1, 0.15) is 27.9 Å². The van der Waals surface area contributed by atoms with Gasteiger partial charge < -0.3 is 0 Å². The molecule has 3 aromatic carbocycles. The molecule has 0 fully saturated rings. The van der Waals surface area contributed by atoms with Crippen molar-refractivity contribution in [3.63, 3.8) is 0 Å². The van der Waals surface area contributed by atoms with Gasteiger partial charge in [-0.1, -0.05) is 0 Å². The summed E-state index contributed by atoms with van der Waals surface area (Å²) in [5.74, 6) is 0. The van der Waals surface area contributed by atoms with Crippen molar-refractivity contribution in [3.8, 4) is 0 Å². The van der Waals surface area contributed by atoms with Crippen LogP contribution in [0.15, 0.2) is 103 Å². The molecule has 2 aliphatic heterocycles. The van der Waals surface area contributed by atoms with E-state index in [4.69, 9.17) is 0 Å². The third kappa shape index (κ3) is 4.21. The molecule has 1 aromatic heterocycles. The van der Waals surface area contributed by atoms with Crippen LogP contribution >= 0.6 is 0 Å². The monoisotopic (exact) mass is 622 g/mol. The third-order valence-electron chi connectivity index (χ3n) is 6.75. The van der Waals surface area contributed by atoms with E-state index in [9.17, 15) is 0 Å². The van der Waals surface area contributed by atoms with E-state index in [1.807, 2.05) is 84.9 Å². The van der Waals surface area contributed by atoms with Crippen LogP contribution in [0, 0.1) is 20.8 Å². The second-order valence-corrected chi connectivity index (χ2v) is 14.0. The van der Waals surface area contributed by atoms with Crippen LogP contribution in [0.3, 0.4) is 0 Å². The molecule has 6 rings (SSSR count). The zero-order valence-electron chi connectivity index (χ0n) is 20.8. The first-order valence-corrected chi connectivity index (χ1v) is 15.6. The molecule has 184 valence electrons. The molecule has 3 heterocycles. The Labute approximate surface area is 228 Å². The zero-order valence-corrected chi connectivity index (χ0v) is 24.2. The summed E-state index contributed by atoms with van der Waals surface area (Å²) in [4.78, 5) is 0. The van der Waals surface area contributed by atoms with Gasteiger partial charge in [0.05, 0.1) is 0 Å². The Bertz CT molecular complexity index is 1600. The van der Waals surface area contributed by atoms with E-state index in [2.05, 4.69) is 32.9 Å². The van der Waals surface area contributed by atoms with Crippen molar-refractivity contribution in [2.24, 2.45) is 0 Å². The van der Waals surface area contributed by atoms with Crippen LogP contribution in [0.4, 0.5) is 8.63 Å². The SMILES string of the molecule is Cc1cc(C)c(C2=C3C=CC([Se]c4ccccc4)=[N+]3[B-](F)(F)n3c([Se]c4ccccc4)ccc32)c(C)c1. The van der Waals surface area contributed by atoms with Gasteiger partial charge in [0, 0.05) is 0 Å². The number of benzene rings is 3. The van der Waals surface area contributed by atoms with Crippen molar-refractivity contribution in [3.05, 3.63) is 131 Å². The summed E-state index contributed by atoms with van der Waals surface area (Å²) in [5.41, 5.74) is 6.55. The minimum absolute atomic E-state index is 0.247. The molecule has 2 nitrogen and oxygen atoms in total. The van der Waals surface area contributed by atoms with Crippen molar-refractivity contribution in [2.75, 3.05) is 0 Å². The van der Waals surface area contributed by atoms with Crippen molar-refractivity contribution < 1.29 is 13.1 Å². The first kappa shape index (κ1) is 24.4. The number of halogens is 2. The van der Waals surface area contributed by atoms with Crippen molar-refractivity contribution in [2.45, 2.75) is 20.8 Å². The Balaban J connectivity index is 1.61. The van der Waals surface area contributed by atoms with E-state index in [1.165, 1.54) is 14.5 Å². The fourth-order valence-corrected chi connectivity index (χ4v) is 9.54. The number of nitrogens with zero attached hydrogens (tertiary/aromatic N) is 2. The molecule has 0 radical (unpaired) electrons. The van der Waals surface area contributed by atoms with Crippen LogP contribution in [0.2, 0.25) is 0 Å². The van der Waals surface area contributed by atoms with Crippen LogP contribution in [0.5, 0.6) is 0 Å². The molecular formula is C30H25BF2N2Se2. The van der Waals surface area contributed by atoms with Crippen molar-refractivity contribution in [1.29, 1.82) is 0 Å². The number of aryl methyl sites for hydroxylation is 3. The molecule has 37 heavy (non-hydrogen) atoms. The van der Waals surface area contributed by atoms with E-state index in [0.717, 1.165) is 31.2 Å². The molecule has 0 unspecified atom stereocenters. The van der Waals surface area contributed by atoms with Gasteiger partial charge in [-0.2, -0.15) is 0 Å². The molecule has 0 saturated carbocycles. The van der Waals surface area contributed by atoms with Gasteiger partial charge in [-0.3, -0.25) is 0 Å². The number of fused-ring (bicyclic) bond motifs is 2. The van der Waals surface area contributed by atoms with Crippen molar-refractivity contribution >= 4 is 60.6 Å². The predicted molar refractivity (Wildman–Crippen MR) is 152 cm³/mol. The number of allylic oxidation sites excluding steroid dienone is 2. The summed E-state index contributed by atoms with van der Waals surface area (Å²) in [5, 5.41) is 0. The summed E-state index contributed by atoms with van der Waals surface area (Å²) in [6, 6.07) is 28.0. The normalized spacial score (nSPS) is 15.8. The fourth-order valence-electron chi connectivity index (χ4n) is 5.37. The molecule has 0 N–H and O–H groups in total. The van der Waals surface area contributed by atoms with E-state index < -0.39 is 6.97 Å². The van der Waals surface area contributed by atoms with Crippen molar-refractivity contribution in [1.82, 2.24) is 4.48 Å². The Kier molecular flexibility index (Phi) is 6.21. The van der Waals surface area contributed by atoms with Crippen LogP contribution in [-0.4, -0.2) is 50.5 Å². The summed E-state index contributed by atoms with van der Waals surface area (Å²) >= 11 is -0.495. The molecule has 0 saturated heterocycles. The van der Waals surface area contributed by atoms with Gasteiger partial charge in [0.25, 0.3) is 0 Å². The average molecular weight is 620 g/mol. The first-order valence-electron chi connectivity index (χ1n) is 12.2. The summed E-state index contributed by atoms with van der Waals surface area (Å²) < 4.78 is 39.7. The Morgan fingerprint density at radius 2 is 1.32 bits per heavy atom. The molecule has 0 atom stereocenters. The van der Waals surface area contributed by atoms with E-state index in [0.29, 0.717) is 20.6 Å². The molecule has 0 aliphatic carbocycles. The molecule has 7 heteroatoms. The summed E-state index contributed by atoms with van der Waals surface area (Å²) in [7, 11) is 0. The second kappa shape index (κ2) is 9.42. The number of rotatable bonds is 5. The van der Waals surface area contributed by atoms with Crippen LogP contribution < -0.4 is 13.5 Å². The maximum absolute atomic E-state index is 16.7. The standard InChI is InChI=1S/C30H25BF2N2Se2/c1-20-18-21(2)29(22(3)19-20)30-25-14-16-27(36-23-10-6-4-7-11-23)34(25)31(32,33)35-26(30)15-17-28(35)37-24-12-8-5-9-13-24/h4-19H,1-3H3. The summed E-state index contributed by atoms with van der Waals surface area (Å²) in [6.07, 6.45) is 3.81. The average Bonchev–Trinajstić information content (AvgIpc) is 3.48. The summed E-state index contributed by atoms with van der Waals surface area (Å²) in [6.45, 7) is 2.19. The second-order valence-electron chi connectivity index (χ2n) is 9.42. The third-order valence-corrected chi connectivity index (χ3v) is 11.2. The first-order chi connectivity index (χ1) is 17.8. The molecular weight excluding hydrogens is 595 g/mol. The van der Waals surface area contributed by atoms with Gasteiger partial charge in [0.2, 0.25) is 0 Å².